The van der Waals surface area contributed by atoms with Gasteiger partial charge in [0.15, 0.2) is 0 Å². The molecule has 6 nitrogen and oxygen atoms in total. The first-order chi connectivity index (χ1) is 6.16. The molecule has 0 saturated heterocycles. The van der Waals surface area contributed by atoms with Gasteiger partial charge in [0.2, 0.25) is 5.95 Å². The highest BCUT2D eigenvalue weighted by Gasteiger charge is 2.07. The number of anilines is 1. The van der Waals surface area contributed by atoms with Crippen LogP contribution in [0.1, 0.15) is 10.5 Å². The average molecular weight is 178 g/mol. The van der Waals surface area contributed by atoms with Gasteiger partial charge in [-0.1, -0.05) is 0 Å². The Kier molecular flexibility index (Phi) is 1.42. The summed E-state index contributed by atoms with van der Waals surface area (Å²) in [7, 11) is 0. The van der Waals surface area contributed by atoms with Crippen molar-refractivity contribution in [3.63, 3.8) is 0 Å². The van der Waals surface area contributed by atoms with Crippen molar-refractivity contribution in [1.82, 2.24) is 15.0 Å². The predicted molar refractivity (Wildman–Crippen MR) is 45.3 cm³/mol. The van der Waals surface area contributed by atoms with Crippen LogP contribution in [0.25, 0.3) is 11.0 Å². The Balaban J connectivity index is 2.68. The molecule has 2 heterocycles. The van der Waals surface area contributed by atoms with E-state index in [0.717, 1.165) is 0 Å². The minimum Gasteiger partial charge on any atom is -0.477 e. The monoisotopic (exact) mass is 178 g/mol. The van der Waals surface area contributed by atoms with Gasteiger partial charge in [-0.05, 0) is 6.07 Å². The summed E-state index contributed by atoms with van der Waals surface area (Å²) in [4.78, 5) is 20.7. The van der Waals surface area contributed by atoms with Gasteiger partial charge in [-0.25, -0.2) is 9.78 Å². The van der Waals surface area contributed by atoms with E-state index in [-0.39, 0.29) is 11.6 Å². The van der Waals surface area contributed by atoms with Crippen molar-refractivity contribution < 1.29 is 9.90 Å². The van der Waals surface area contributed by atoms with Crippen molar-refractivity contribution in [1.29, 1.82) is 0 Å². The molecule has 0 spiro atoms. The fraction of sp³-hybridized carbons (Fsp3) is 0. The number of nitrogens with one attached hydrogen (secondary N) is 1. The summed E-state index contributed by atoms with van der Waals surface area (Å²) in [5.41, 5.74) is 5.83. The lowest BCUT2D eigenvalue weighted by Crippen LogP contribution is -1.95. The number of rotatable bonds is 1. The highest BCUT2D eigenvalue weighted by Crippen LogP contribution is 2.12. The third-order valence-corrected chi connectivity index (χ3v) is 1.62. The number of hydrogen-bond donors (Lipinski definition) is 3. The van der Waals surface area contributed by atoms with E-state index in [0.29, 0.717) is 11.0 Å². The van der Waals surface area contributed by atoms with Gasteiger partial charge in [0.05, 0.1) is 0 Å². The van der Waals surface area contributed by atoms with Crippen molar-refractivity contribution >= 4 is 23.0 Å². The van der Waals surface area contributed by atoms with Crippen LogP contribution in [0.4, 0.5) is 5.95 Å². The Morgan fingerprint density at radius 1 is 1.62 bits per heavy atom. The summed E-state index contributed by atoms with van der Waals surface area (Å²) in [6.07, 6.45) is 1.47. The number of carboxylic acids is 1. The van der Waals surface area contributed by atoms with Crippen LogP contribution in [0.3, 0.4) is 0 Å². The van der Waals surface area contributed by atoms with Gasteiger partial charge >= 0.3 is 5.97 Å². The minimum absolute atomic E-state index is 0.0786. The maximum Gasteiger partial charge on any atom is 0.352 e. The van der Waals surface area contributed by atoms with Crippen LogP contribution in [-0.4, -0.2) is 26.0 Å². The van der Waals surface area contributed by atoms with Gasteiger partial charge in [0.25, 0.3) is 0 Å². The Hall–Kier alpha value is -2.11. The quantitative estimate of drug-likeness (QED) is 0.580. The molecule has 0 aliphatic rings. The van der Waals surface area contributed by atoms with E-state index >= 15 is 0 Å². The number of H-pyrrole nitrogens is 1. The molecule has 4 N–H and O–H groups in total. The van der Waals surface area contributed by atoms with Gasteiger partial charge < -0.3 is 15.8 Å². The first-order valence-electron chi connectivity index (χ1n) is 3.51. The zero-order valence-electron chi connectivity index (χ0n) is 6.48. The number of aromatic amines is 1. The van der Waals surface area contributed by atoms with E-state index in [1.807, 2.05) is 0 Å². The topological polar surface area (TPSA) is 105 Å². The number of fused-ring (bicyclic) bond motifs is 1. The fourth-order valence-electron chi connectivity index (χ4n) is 1.04. The molecule has 2 aromatic rings. The highest BCUT2D eigenvalue weighted by atomic mass is 16.4. The SMILES string of the molecule is Nc1ncc2cc(C(=O)O)[nH]c2n1. The summed E-state index contributed by atoms with van der Waals surface area (Å²) in [6, 6.07) is 1.46. The van der Waals surface area contributed by atoms with E-state index in [1.165, 1.54) is 12.3 Å². The van der Waals surface area contributed by atoms with E-state index in [9.17, 15) is 4.79 Å². The first kappa shape index (κ1) is 7.53. The fourth-order valence-corrected chi connectivity index (χ4v) is 1.04. The number of nitrogen functional groups attached to an aromatic ring is 1. The van der Waals surface area contributed by atoms with E-state index in [2.05, 4.69) is 15.0 Å². The summed E-state index contributed by atoms with van der Waals surface area (Å²) in [5.74, 6) is -0.914. The molecule has 0 bridgehead atoms. The Morgan fingerprint density at radius 3 is 3.08 bits per heavy atom. The Labute approximate surface area is 72.4 Å². The van der Waals surface area contributed by atoms with Crippen LogP contribution < -0.4 is 5.73 Å². The zero-order chi connectivity index (χ0) is 9.42. The normalized spacial score (nSPS) is 10.5. The van der Waals surface area contributed by atoms with E-state index in [1.54, 1.807) is 0 Å². The number of nitrogens with two attached hydrogens (primary N) is 1. The Bertz CT molecular complexity index is 476. The second-order valence-corrected chi connectivity index (χ2v) is 2.52. The number of aromatic nitrogens is 3. The lowest BCUT2D eigenvalue weighted by atomic mass is 10.4. The van der Waals surface area contributed by atoms with Crippen LogP contribution in [-0.2, 0) is 0 Å². The van der Waals surface area contributed by atoms with Crippen LogP contribution in [0.15, 0.2) is 12.3 Å². The molecule has 2 aromatic heterocycles. The third-order valence-electron chi connectivity index (χ3n) is 1.62. The summed E-state index contributed by atoms with van der Waals surface area (Å²) in [5, 5.41) is 9.28. The largest absolute Gasteiger partial charge is 0.477 e. The van der Waals surface area contributed by atoms with Crippen molar-refractivity contribution in [3.05, 3.63) is 18.0 Å². The van der Waals surface area contributed by atoms with Crippen LogP contribution in [0, 0.1) is 0 Å². The second kappa shape index (κ2) is 2.44. The van der Waals surface area contributed by atoms with Crippen LogP contribution >= 0.6 is 0 Å². The second-order valence-electron chi connectivity index (χ2n) is 2.52. The number of carbonyl (C=O) groups is 1. The van der Waals surface area contributed by atoms with E-state index in [4.69, 9.17) is 10.8 Å². The minimum atomic E-state index is -1.03. The molecule has 0 aliphatic carbocycles. The van der Waals surface area contributed by atoms with Crippen molar-refractivity contribution in [2.45, 2.75) is 0 Å². The molecule has 66 valence electrons. The van der Waals surface area contributed by atoms with E-state index < -0.39 is 5.97 Å². The number of hydrogen-bond acceptors (Lipinski definition) is 4. The van der Waals surface area contributed by atoms with Gasteiger partial charge in [-0.2, -0.15) is 4.98 Å². The van der Waals surface area contributed by atoms with Crippen LogP contribution in [0.5, 0.6) is 0 Å². The van der Waals surface area contributed by atoms with Crippen molar-refractivity contribution in [2.24, 2.45) is 0 Å². The molecule has 0 fully saturated rings. The predicted octanol–water partition coefficient (Wildman–Crippen LogP) is 0.238. The third kappa shape index (κ3) is 1.18. The first-order valence-corrected chi connectivity index (χ1v) is 3.51. The standard InChI is InChI=1S/C7H6N4O2/c8-7-9-2-3-1-4(6(12)13)10-5(3)11-7/h1-2H,(H,12,13)(H3,8,9,10,11). The summed E-state index contributed by atoms with van der Waals surface area (Å²) in [6.45, 7) is 0. The molecule has 0 saturated carbocycles. The van der Waals surface area contributed by atoms with Gasteiger partial charge in [-0.15, -0.1) is 0 Å². The highest BCUT2D eigenvalue weighted by molar-refractivity contribution is 5.92. The van der Waals surface area contributed by atoms with Crippen molar-refractivity contribution in [3.8, 4) is 0 Å². The number of carboxylic acid groups (broad SMARTS) is 1. The van der Waals surface area contributed by atoms with Crippen molar-refractivity contribution in [2.75, 3.05) is 5.73 Å². The summed E-state index contributed by atoms with van der Waals surface area (Å²) < 4.78 is 0. The number of nitrogens with zero attached hydrogens (tertiary/aromatic N) is 2. The maximum atomic E-state index is 10.5. The Morgan fingerprint density at radius 2 is 2.38 bits per heavy atom. The van der Waals surface area contributed by atoms with Gasteiger partial charge in [0, 0.05) is 11.6 Å². The molecule has 2 rings (SSSR count). The van der Waals surface area contributed by atoms with Crippen LogP contribution in [0.2, 0.25) is 0 Å². The smallest absolute Gasteiger partial charge is 0.352 e. The molecule has 0 aliphatic heterocycles. The van der Waals surface area contributed by atoms with Gasteiger partial charge in [-0.3, -0.25) is 0 Å². The molecule has 6 heteroatoms. The molecule has 0 atom stereocenters. The lowest BCUT2D eigenvalue weighted by molar-refractivity contribution is 0.0691. The maximum absolute atomic E-state index is 10.5. The molecule has 0 aromatic carbocycles. The molecule has 13 heavy (non-hydrogen) atoms. The lowest BCUT2D eigenvalue weighted by Gasteiger charge is -1.89. The average Bonchev–Trinajstić information content (AvgIpc) is 2.46. The van der Waals surface area contributed by atoms with Gasteiger partial charge in [0.1, 0.15) is 11.3 Å². The molecular formula is C7H6N4O2. The zero-order valence-corrected chi connectivity index (χ0v) is 6.48. The molecule has 0 amide bonds. The molecular weight excluding hydrogens is 172 g/mol. The molecule has 0 radical (unpaired) electrons. The number of aromatic carboxylic acids is 1. The molecule has 0 unspecified atom stereocenters. The summed E-state index contributed by atoms with van der Waals surface area (Å²) >= 11 is 0.